The van der Waals surface area contributed by atoms with E-state index in [1.165, 1.54) is 11.1 Å². The third-order valence-electron chi connectivity index (χ3n) is 6.52. The van der Waals surface area contributed by atoms with Crippen LogP contribution in [0.2, 0.25) is 0 Å². The molecule has 2 aromatic rings. The van der Waals surface area contributed by atoms with E-state index in [1.807, 2.05) is 18.2 Å². The normalized spacial score (nSPS) is 20.9. The molecule has 0 aromatic heterocycles. The summed E-state index contributed by atoms with van der Waals surface area (Å²) in [6.07, 6.45) is 4.07. The highest BCUT2D eigenvalue weighted by molar-refractivity contribution is 8.18. The number of thioether (sulfide) groups is 1. The van der Waals surface area contributed by atoms with Gasteiger partial charge in [-0.2, -0.15) is 0 Å². The predicted molar refractivity (Wildman–Crippen MR) is 125 cm³/mol. The number of rotatable bonds is 2. The van der Waals surface area contributed by atoms with Crippen molar-refractivity contribution >= 4 is 34.7 Å². The van der Waals surface area contributed by atoms with Gasteiger partial charge in [-0.1, -0.05) is 45.9 Å². The maximum atomic E-state index is 12.1. The van der Waals surface area contributed by atoms with Gasteiger partial charge in [-0.05, 0) is 88.4 Å². The number of amides is 2. The molecule has 0 radical (unpaired) electrons. The second-order valence-electron chi connectivity index (χ2n) is 9.64. The Balaban J connectivity index is 1.94. The van der Waals surface area contributed by atoms with Crippen molar-refractivity contribution in [2.75, 3.05) is 5.73 Å². The number of fused-ring (bicyclic) bond motifs is 1. The van der Waals surface area contributed by atoms with Crippen molar-refractivity contribution in [2.24, 2.45) is 0 Å². The van der Waals surface area contributed by atoms with E-state index in [4.69, 9.17) is 5.73 Å². The zero-order valence-electron chi connectivity index (χ0n) is 18.2. The summed E-state index contributed by atoms with van der Waals surface area (Å²) in [6, 6.07) is 10.3. The Morgan fingerprint density at radius 1 is 1.03 bits per heavy atom. The number of carbonyl (C=O) groups excluding carboxylic acids is 2. The molecule has 0 atom stereocenters. The van der Waals surface area contributed by atoms with Crippen molar-refractivity contribution < 1.29 is 9.59 Å². The Kier molecular flexibility index (Phi) is 4.85. The number of nitrogen functional groups attached to an aromatic ring is 1. The van der Waals surface area contributed by atoms with Crippen molar-refractivity contribution in [2.45, 2.75) is 58.3 Å². The first-order valence-electron chi connectivity index (χ1n) is 10.3. The Morgan fingerprint density at radius 2 is 1.67 bits per heavy atom. The molecule has 156 valence electrons. The number of imide groups is 1. The fourth-order valence-electron chi connectivity index (χ4n) is 4.57. The average Bonchev–Trinajstić information content (AvgIpc) is 2.97. The van der Waals surface area contributed by atoms with Gasteiger partial charge < -0.3 is 5.73 Å². The summed E-state index contributed by atoms with van der Waals surface area (Å²) in [5.74, 6) is -0.358. The second kappa shape index (κ2) is 7.02. The van der Waals surface area contributed by atoms with Crippen LogP contribution in [-0.4, -0.2) is 11.1 Å². The SMILES string of the molecule is Cc1cc2c(cc1-c1c(N)cccc1/C=C1/SC(=O)NC1=O)C(C)(C)CCC2(C)C. The third-order valence-corrected chi connectivity index (χ3v) is 7.34. The van der Waals surface area contributed by atoms with E-state index in [2.05, 4.69) is 52.1 Å². The van der Waals surface area contributed by atoms with Crippen LogP contribution in [0, 0.1) is 6.92 Å². The highest BCUT2D eigenvalue weighted by Gasteiger charge is 2.37. The Bertz CT molecular complexity index is 1110. The van der Waals surface area contributed by atoms with Crippen LogP contribution >= 0.6 is 11.8 Å². The van der Waals surface area contributed by atoms with Crippen LogP contribution in [0.4, 0.5) is 10.5 Å². The Hall–Kier alpha value is -2.53. The molecule has 1 saturated heterocycles. The quantitative estimate of drug-likeness (QED) is 0.467. The van der Waals surface area contributed by atoms with Gasteiger partial charge in [-0.3, -0.25) is 14.9 Å². The summed E-state index contributed by atoms with van der Waals surface area (Å²) in [5.41, 5.74) is 14.1. The number of nitrogens with two attached hydrogens (primary N) is 1. The number of anilines is 1. The molecule has 4 nitrogen and oxygen atoms in total. The topological polar surface area (TPSA) is 72.2 Å². The minimum Gasteiger partial charge on any atom is -0.398 e. The summed E-state index contributed by atoms with van der Waals surface area (Å²) < 4.78 is 0. The minimum atomic E-state index is -0.358. The molecule has 1 fully saturated rings. The van der Waals surface area contributed by atoms with Gasteiger partial charge in [-0.25, -0.2) is 0 Å². The molecule has 1 aliphatic carbocycles. The highest BCUT2D eigenvalue weighted by Crippen LogP contribution is 2.48. The van der Waals surface area contributed by atoms with Gasteiger partial charge in [0.25, 0.3) is 11.1 Å². The summed E-state index contributed by atoms with van der Waals surface area (Å²) in [6.45, 7) is 11.4. The Labute approximate surface area is 182 Å². The number of nitrogens with one attached hydrogen (secondary N) is 1. The molecule has 2 aromatic carbocycles. The summed E-state index contributed by atoms with van der Waals surface area (Å²) >= 11 is 0.926. The molecule has 0 bridgehead atoms. The van der Waals surface area contributed by atoms with Crippen LogP contribution in [0.1, 0.15) is 62.8 Å². The van der Waals surface area contributed by atoms with Gasteiger partial charge in [0.15, 0.2) is 0 Å². The molecule has 1 aliphatic heterocycles. The zero-order valence-corrected chi connectivity index (χ0v) is 19.0. The van der Waals surface area contributed by atoms with Crippen molar-refractivity contribution in [3.05, 3.63) is 57.5 Å². The molecule has 2 amide bonds. The minimum absolute atomic E-state index is 0.0864. The molecule has 0 spiro atoms. The van der Waals surface area contributed by atoms with Gasteiger partial charge in [0.2, 0.25) is 0 Å². The smallest absolute Gasteiger partial charge is 0.290 e. The fraction of sp³-hybridized carbons (Fsp3) is 0.360. The van der Waals surface area contributed by atoms with Gasteiger partial charge in [0, 0.05) is 11.3 Å². The summed E-state index contributed by atoms with van der Waals surface area (Å²) in [4.78, 5) is 24.1. The lowest BCUT2D eigenvalue weighted by Gasteiger charge is -2.42. The lowest BCUT2D eigenvalue weighted by atomic mass is 9.62. The molecule has 30 heavy (non-hydrogen) atoms. The maximum Gasteiger partial charge on any atom is 0.290 e. The van der Waals surface area contributed by atoms with E-state index < -0.39 is 0 Å². The van der Waals surface area contributed by atoms with Crippen LogP contribution in [0.15, 0.2) is 35.2 Å². The molecular weight excluding hydrogens is 392 g/mol. The standard InChI is InChI=1S/C25H28N2O2S/c1-14-11-17-18(25(4,5)10-9-24(17,2)3)13-16(14)21-15(7-6-8-19(21)26)12-20-22(28)27-23(29)30-20/h6-8,11-13H,9-10,26H2,1-5H3,(H,27,28,29)/b20-12+. The maximum absolute atomic E-state index is 12.1. The molecule has 2 aliphatic rings. The van der Waals surface area contributed by atoms with E-state index in [1.54, 1.807) is 6.08 Å². The number of carbonyl (C=O) groups is 2. The number of benzene rings is 2. The molecule has 4 rings (SSSR count). The zero-order chi connectivity index (χ0) is 21.8. The third kappa shape index (κ3) is 3.45. The molecule has 3 N–H and O–H groups in total. The van der Waals surface area contributed by atoms with Crippen LogP contribution in [0.3, 0.4) is 0 Å². The fourth-order valence-corrected chi connectivity index (χ4v) is 5.25. The first kappa shape index (κ1) is 20.7. The molecular formula is C25H28N2O2S. The largest absolute Gasteiger partial charge is 0.398 e. The van der Waals surface area contributed by atoms with Gasteiger partial charge in [-0.15, -0.1) is 0 Å². The van der Waals surface area contributed by atoms with Crippen LogP contribution < -0.4 is 11.1 Å². The monoisotopic (exact) mass is 420 g/mol. The molecule has 0 saturated carbocycles. The van der Waals surface area contributed by atoms with Crippen molar-refractivity contribution in [3.8, 4) is 11.1 Å². The lowest BCUT2D eigenvalue weighted by molar-refractivity contribution is -0.115. The highest BCUT2D eigenvalue weighted by atomic mass is 32.2. The second-order valence-corrected chi connectivity index (χ2v) is 10.7. The van der Waals surface area contributed by atoms with Gasteiger partial charge >= 0.3 is 0 Å². The van der Waals surface area contributed by atoms with Crippen molar-refractivity contribution in [1.82, 2.24) is 5.32 Å². The first-order valence-corrected chi connectivity index (χ1v) is 11.1. The van der Waals surface area contributed by atoms with Crippen molar-refractivity contribution in [3.63, 3.8) is 0 Å². The number of hydrogen-bond donors (Lipinski definition) is 2. The van der Waals surface area contributed by atoms with Crippen molar-refractivity contribution in [1.29, 1.82) is 0 Å². The van der Waals surface area contributed by atoms with E-state index in [9.17, 15) is 9.59 Å². The lowest BCUT2D eigenvalue weighted by Crippen LogP contribution is -2.34. The predicted octanol–water partition coefficient (Wildman–Crippen LogP) is 5.92. The van der Waals surface area contributed by atoms with E-state index in [0.29, 0.717) is 10.6 Å². The average molecular weight is 421 g/mol. The van der Waals surface area contributed by atoms with E-state index >= 15 is 0 Å². The van der Waals surface area contributed by atoms with Gasteiger partial charge in [0.05, 0.1) is 4.91 Å². The van der Waals surface area contributed by atoms with E-state index in [0.717, 1.165) is 46.9 Å². The summed E-state index contributed by atoms with van der Waals surface area (Å²) in [5, 5.41) is 1.98. The van der Waals surface area contributed by atoms with Crippen LogP contribution in [0.25, 0.3) is 17.2 Å². The first-order chi connectivity index (χ1) is 14.0. The summed E-state index contributed by atoms with van der Waals surface area (Å²) in [7, 11) is 0. The Morgan fingerprint density at radius 3 is 2.27 bits per heavy atom. The van der Waals surface area contributed by atoms with E-state index in [-0.39, 0.29) is 22.0 Å². The van der Waals surface area contributed by atoms with Crippen LogP contribution in [0.5, 0.6) is 0 Å². The molecule has 1 heterocycles. The van der Waals surface area contributed by atoms with Gasteiger partial charge in [0.1, 0.15) is 0 Å². The van der Waals surface area contributed by atoms with Crippen LogP contribution in [-0.2, 0) is 15.6 Å². The number of aryl methyl sites for hydroxylation is 1. The number of hydrogen-bond acceptors (Lipinski definition) is 4. The molecule has 0 unspecified atom stereocenters. The molecule has 5 heteroatoms.